The molecule has 0 heterocycles. The van der Waals surface area contributed by atoms with Crippen molar-refractivity contribution in [1.29, 1.82) is 0 Å². The molecule has 4 nitrogen and oxygen atoms in total. The highest BCUT2D eigenvalue weighted by molar-refractivity contribution is 5.96. The summed E-state index contributed by atoms with van der Waals surface area (Å²) in [4.78, 5) is 13.4. The van der Waals surface area contributed by atoms with Gasteiger partial charge in [-0.2, -0.15) is 0 Å². The summed E-state index contributed by atoms with van der Waals surface area (Å²) in [6, 6.07) is 2.59. The van der Waals surface area contributed by atoms with E-state index in [2.05, 4.69) is 4.74 Å². The predicted octanol–water partition coefficient (Wildman–Crippen LogP) is 2.82. The summed E-state index contributed by atoms with van der Waals surface area (Å²) >= 11 is 0. The fraction of sp³-hybridized carbons (Fsp3) is 0.500. The first-order chi connectivity index (χ1) is 8.74. The molecule has 1 rings (SSSR count). The summed E-state index contributed by atoms with van der Waals surface area (Å²) < 4.78 is 18.7. The second-order valence-electron chi connectivity index (χ2n) is 5.11. The van der Waals surface area contributed by atoms with Crippen LogP contribution < -0.4 is 10.6 Å². The lowest BCUT2D eigenvalue weighted by Gasteiger charge is -2.37. The quantitative estimate of drug-likeness (QED) is 0.674. The van der Waals surface area contributed by atoms with Gasteiger partial charge in [0, 0.05) is 18.3 Å². The van der Waals surface area contributed by atoms with Gasteiger partial charge < -0.3 is 15.4 Å². The van der Waals surface area contributed by atoms with Gasteiger partial charge in [0.15, 0.2) is 0 Å². The number of benzene rings is 1. The Labute approximate surface area is 113 Å². The SMILES string of the molecule is CCC(C)(C)N(C)c1cc(C(=O)OC)c(N)cc1F. The van der Waals surface area contributed by atoms with Crippen LogP contribution in [0.5, 0.6) is 0 Å². The van der Waals surface area contributed by atoms with E-state index in [1.54, 1.807) is 11.9 Å². The Morgan fingerprint density at radius 3 is 2.53 bits per heavy atom. The van der Waals surface area contributed by atoms with E-state index in [-0.39, 0.29) is 16.8 Å². The molecule has 0 fully saturated rings. The van der Waals surface area contributed by atoms with Crippen LogP contribution in [-0.4, -0.2) is 25.7 Å². The molecule has 0 amide bonds. The monoisotopic (exact) mass is 268 g/mol. The minimum absolute atomic E-state index is 0.0794. The van der Waals surface area contributed by atoms with Gasteiger partial charge in [0.2, 0.25) is 0 Å². The number of carbonyl (C=O) groups is 1. The zero-order chi connectivity index (χ0) is 14.8. The molecule has 106 valence electrons. The number of anilines is 2. The number of esters is 1. The second-order valence-corrected chi connectivity index (χ2v) is 5.11. The number of nitrogen functional groups attached to an aromatic ring is 1. The first kappa shape index (κ1) is 15.3. The minimum atomic E-state index is -0.568. The van der Waals surface area contributed by atoms with Gasteiger partial charge in [-0.1, -0.05) is 6.92 Å². The molecule has 0 aliphatic rings. The number of rotatable bonds is 4. The molecule has 0 unspecified atom stereocenters. The molecule has 0 spiro atoms. The lowest BCUT2D eigenvalue weighted by atomic mass is 9.98. The maximum atomic E-state index is 14.0. The molecule has 0 aromatic heterocycles. The molecule has 2 N–H and O–H groups in total. The van der Waals surface area contributed by atoms with Crippen molar-refractivity contribution in [2.75, 3.05) is 24.8 Å². The van der Waals surface area contributed by atoms with Crippen LogP contribution in [0.25, 0.3) is 0 Å². The fourth-order valence-corrected chi connectivity index (χ4v) is 1.68. The number of methoxy groups -OCH3 is 1. The Morgan fingerprint density at radius 2 is 2.05 bits per heavy atom. The summed E-state index contributed by atoms with van der Waals surface area (Å²) in [5, 5.41) is 0. The third-order valence-electron chi connectivity index (χ3n) is 3.66. The van der Waals surface area contributed by atoms with Crippen LogP contribution in [-0.2, 0) is 4.74 Å². The van der Waals surface area contributed by atoms with Crippen LogP contribution in [0.2, 0.25) is 0 Å². The van der Waals surface area contributed by atoms with Crippen molar-refractivity contribution < 1.29 is 13.9 Å². The van der Waals surface area contributed by atoms with E-state index >= 15 is 0 Å². The van der Waals surface area contributed by atoms with Crippen LogP contribution >= 0.6 is 0 Å². The van der Waals surface area contributed by atoms with Crippen molar-refractivity contribution in [3.63, 3.8) is 0 Å². The highest BCUT2D eigenvalue weighted by Gasteiger charge is 2.25. The average Bonchev–Trinajstić information content (AvgIpc) is 2.37. The smallest absolute Gasteiger partial charge is 0.340 e. The van der Waals surface area contributed by atoms with Gasteiger partial charge in [-0.25, -0.2) is 9.18 Å². The lowest BCUT2D eigenvalue weighted by molar-refractivity contribution is 0.0602. The summed E-state index contributed by atoms with van der Waals surface area (Å²) in [6.07, 6.45) is 0.834. The zero-order valence-corrected chi connectivity index (χ0v) is 12.1. The van der Waals surface area contributed by atoms with Crippen LogP contribution in [0.4, 0.5) is 15.8 Å². The second kappa shape index (κ2) is 5.47. The molecule has 0 saturated heterocycles. The molecule has 5 heteroatoms. The van der Waals surface area contributed by atoms with Crippen LogP contribution in [0.3, 0.4) is 0 Å². The van der Waals surface area contributed by atoms with E-state index in [9.17, 15) is 9.18 Å². The first-order valence-corrected chi connectivity index (χ1v) is 6.15. The Morgan fingerprint density at radius 1 is 1.47 bits per heavy atom. The number of hydrogen-bond donors (Lipinski definition) is 1. The molecule has 1 aromatic carbocycles. The summed E-state index contributed by atoms with van der Waals surface area (Å²) in [6.45, 7) is 6.02. The third kappa shape index (κ3) is 2.97. The van der Waals surface area contributed by atoms with E-state index < -0.39 is 11.8 Å². The molecule has 0 bridgehead atoms. The first-order valence-electron chi connectivity index (χ1n) is 6.15. The molecule has 1 aromatic rings. The standard InChI is InChI=1S/C14H21FN2O2/c1-6-14(2,3)17(4)12-7-9(13(18)19-5)11(16)8-10(12)15/h7-8H,6,16H2,1-5H3. The Balaban J connectivity index is 3.33. The van der Waals surface area contributed by atoms with Crippen LogP contribution in [0, 0.1) is 5.82 Å². The summed E-state index contributed by atoms with van der Waals surface area (Å²) in [7, 11) is 3.06. The minimum Gasteiger partial charge on any atom is -0.465 e. The third-order valence-corrected chi connectivity index (χ3v) is 3.66. The maximum absolute atomic E-state index is 14.0. The van der Waals surface area contributed by atoms with Crippen molar-refractivity contribution in [1.82, 2.24) is 0 Å². The Bertz CT molecular complexity index is 487. The van der Waals surface area contributed by atoms with Crippen LogP contribution in [0.1, 0.15) is 37.6 Å². The van der Waals surface area contributed by atoms with Gasteiger partial charge >= 0.3 is 5.97 Å². The van der Waals surface area contributed by atoms with Crippen LogP contribution in [0.15, 0.2) is 12.1 Å². The number of nitrogens with zero attached hydrogens (tertiary/aromatic N) is 1. The summed E-state index contributed by atoms with van der Waals surface area (Å²) in [5.41, 5.74) is 6.01. The van der Waals surface area contributed by atoms with Crippen molar-refractivity contribution in [3.05, 3.63) is 23.5 Å². The average molecular weight is 268 g/mol. The molecule has 0 atom stereocenters. The maximum Gasteiger partial charge on any atom is 0.340 e. The van der Waals surface area contributed by atoms with Gasteiger partial charge in [-0.05, 0) is 32.4 Å². The van der Waals surface area contributed by atoms with Crippen molar-refractivity contribution in [3.8, 4) is 0 Å². The van der Waals surface area contributed by atoms with E-state index in [4.69, 9.17) is 5.73 Å². The molecule has 19 heavy (non-hydrogen) atoms. The van der Waals surface area contributed by atoms with Gasteiger partial charge in [-0.15, -0.1) is 0 Å². The highest BCUT2D eigenvalue weighted by Crippen LogP contribution is 2.30. The van der Waals surface area contributed by atoms with Gasteiger partial charge in [0.25, 0.3) is 0 Å². The molecule has 0 aliphatic heterocycles. The lowest BCUT2D eigenvalue weighted by Crippen LogP contribution is -2.41. The summed E-state index contributed by atoms with van der Waals surface area (Å²) in [5.74, 6) is -1.02. The molecule has 0 saturated carbocycles. The van der Waals surface area contributed by atoms with Crippen molar-refractivity contribution >= 4 is 17.3 Å². The van der Waals surface area contributed by atoms with Crippen molar-refractivity contribution in [2.45, 2.75) is 32.7 Å². The Kier molecular flexibility index (Phi) is 4.39. The van der Waals surface area contributed by atoms with E-state index in [0.717, 1.165) is 12.5 Å². The Hall–Kier alpha value is -1.78. The zero-order valence-electron chi connectivity index (χ0n) is 12.1. The van der Waals surface area contributed by atoms with Gasteiger partial charge in [-0.3, -0.25) is 0 Å². The fourth-order valence-electron chi connectivity index (χ4n) is 1.68. The number of hydrogen-bond acceptors (Lipinski definition) is 4. The predicted molar refractivity (Wildman–Crippen MR) is 74.9 cm³/mol. The molecular formula is C14H21FN2O2. The number of halogens is 1. The molecule has 0 aliphatic carbocycles. The molecular weight excluding hydrogens is 247 g/mol. The van der Waals surface area contributed by atoms with E-state index in [0.29, 0.717) is 5.69 Å². The topological polar surface area (TPSA) is 55.6 Å². The number of nitrogens with two attached hydrogens (primary N) is 1. The van der Waals surface area contributed by atoms with Gasteiger partial charge in [0.05, 0.1) is 18.4 Å². The normalized spacial score (nSPS) is 11.3. The largest absolute Gasteiger partial charge is 0.465 e. The number of ether oxygens (including phenoxy) is 1. The van der Waals surface area contributed by atoms with E-state index in [1.807, 2.05) is 20.8 Å². The number of carbonyl (C=O) groups excluding carboxylic acids is 1. The molecule has 0 radical (unpaired) electrons. The van der Waals surface area contributed by atoms with Crippen molar-refractivity contribution in [2.24, 2.45) is 0 Å². The highest BCUT2D eigenvalue weighted by atomic mass is 19.1. The van der Waals surface area contributed by atoms with Gasteiger partial charge in [0.1, 0.15) is 5.82 Å². The van der Waals surface area contributed by atoms with E-state index in [1.165, 1.54) is 13.2 Å².